The molecule has 5 fully saturated rings. The summed E-state index contributed by atoms with van der Waals surface area (Å²) < 4.78 is 5.84. The summed E-state index contributed by atoms with van der Waals surface area (Å²) in [6, 6.07) is 0. The first-order valence-electron chi connectivity index (χ1n) is 7.86. The maximum atomic E-state index is 12.6. The minimum atomic E-state index is -0.376. The van der Waals surface area contributed by atoms with Crippen LogP contribution in [0.3, 0.4) is 0 Å². The smallest absolute Gasteiger partial charge is 0.223 e. The number of rotatable bonds is 3. The SMILES string of the molecule is C[C@@H]1OC2(CO)CC1(NC(=O)C1CCNC3(CC3)C1)C2. The lowest BCUT2D eigenvalue weighted by atomic mass is 9.66. The average Bonchev–Trinajstić information content (AvgIpc) is 2.99. The largest absolute Gasteiger partial charge is 0.393 e. The Kier molecular flexibility index (Phi) is 2.58. The molecule has 1 amide bonds. The Balaban J connectivity index is 1.41. The van der Waals surface area contributed by atoms with Crippen molar-refractivity contribution < 1.29 is 14.6 Å². The van der Waals surface area contributed by atoms with Crippen LogP contribution in [-0.4, -0.2) is 46.9 Å². The van der Waals surface area contributed by atoms with E-state index in [0.29, 0.717) is 0 Å². The lowest BCUT2D eigenvalue weighted by Gasteiger charge is -2.45. The molecule has 3 aliphatic heterocycles. The maximum absolute atomic E-state index is 12.6. The first-order valence-corrected chi connectivity index (χ1v) is 7.86. The van der Waals surface area contributed by atoms with Crippen LogP contribution in [0.4, 0.5) is 0 Å². The van der Waals surface area contributed by atoms with Crippen molar-refractivity contribution in [2.75, 3.05) is 13.2 Å². The number of nitrogens with one attached hydrogen (secondary N) is 2. The fourth-order valence-corrected chi connectivity index (χ4v) is 4.56. The molecule has 5 nitrogen and oxygen atoms in total. The van der Waals surface area contributed by atoms with E-state index >= 15 is 0 Å². The molecule has 112 valence electrons. The van der Waals surface area contributed by atoms with Gasteiger partial charge in [-0.1, -0.05) is 0 Å². The first-order chi connectivity index (χ1) is 9.51. The Labute approximate surface area is 119 Å². The van der Waals surface area contributed by atoms with Crippen molar-refractivity contribution in [3.8, 4) is 0 Å². The molecule has 2 bridgehead atoms. The van der Waals surface area contributed by atoms with E-state index in [0.717, 1.165) is 32.2 Å². The van der Waals surface area contributed by atoms with Crippen molar-refractivity contribution in [3.05, 3.63) is 0 Å². The molecule has 0 aromatic heterocycles. The summed E-state index contributed by atoms with van der Waals surface area (Å²) in [6.07, 6.45) is 5.89. The third-order valence-corrected chi connectivity index (χ3v) is 5.99. The maximum Gasteiger partial charge on any atom is 0.223 e. The normalized spacial score (nSPS) is 47.9. The zero-order chi connectivity index (χ0) is 14.0. The van der Waals surface area contributed by atoms with Crippen molar-refractivity contribution >= 4 is 5.91 Å². The van der Waals surface area contributed by atoms with E-state index in [1.807, 2.05) is 6.92 Å². The summed E-state index contributed by atoms with van der Waals surface area (Å²) >= 11 is 0. The van der Waals surface area contributed by atoms with Gasteiger partial charge in [-0.15, -0.1) is 0 Å². The second-order valence-corrected chi connectivity index (χ2v) is 7.50. The third-order valence-electron chi connectivity index (χ3n) is 5.99. The van der Waals surface area contributed by atoms with Crippen LogP contribution in [-0.2, 0) is 9.53 Å². The Morgan fingerprint density at radius 1 is 1.45 bits per heavy atom. The minimum absolute atomic E-state index is 0.00945. The second kappa shape index (κ2) is 3.96. The van der Waals surface area contributed by atoms with Crippen LogP contribution in [0, 0.1) is 5.92 Å². The zero-order valence-electron chi connectivity index (χ0n) is 12.1. The Morgan fingerprint density at radius 2 is 2.20 bits per heavy atom. The topological polar surface area (TPSA) is 70.6 Å². The second-order valence-electron chi connectivity index (χ2n) is 7.50. The molecular weight excluding hydrogens is 256 g/mol. The highest BCUT2D eigenvalue weighted by Gasteiger charge is 2.67. The fraction of sp³-hybridized carbons (Fsp3) is 0.933. The molecule has 20 heavy (non-hydrogen) atoms. The predicted octanol–water partition coefficient (Wildman–Crippen LogP) is 0.317. The van der Waals surface area contributed by atoms with Crippen LogP contribution in [0.5, 0.6) is 0 Å². The summed E-state index contributed by atoms with van der Waals surface area (Å²) in [6.45, 7) is 3.03. The molecule has 5 heteroatoms. The number of amides is 1. The van der Waals surface area contributed by atoms with Gasteiger partial charge in [0.25, 0.3) is 0 Å². The minimum Gasteiger partial charge on any atom is -0.393 e. The summed E-state index contributed by atoms with van der Waals surface area (Å²) in [5.74, 6) is 0.340. The summed E-state index contributed by atoms with van der Waals surface area (Å²) in [5.41, 5.74) is -0.315. The molecule has 3 N–H and O–H groups in total. The standard InChI is InChI=1S/C15H24N2O3/c1-10-15(7-14(8-15,9-18)20-10)17-12(19)11-2-5-16-13(6-11)3-4-13/h10-11,16,18H,2-9H2,1H3,(H,17,19)/t10-,11?,14?,15?/m0/s1. The number of aliphatic hydroxyl groups excluding tert-OH is 1. The van der Waals surface area contributed by atoms with Crippen molar-refractivity contribution in [2.24, 2.45) is 5.92 Å². The van der Waals surface area contributed by atoms with Gasteiger partial charge in [-0.3, -0.25) is 4.79 Å². The van der Waals surface area contributed by atoms with E-state index in [1.54, 1.807) is 0 Å². The van der Waals surface area contributed by atoms with E-state index in [4.69, 9.17) is 4.74 Å². The van der Waals surface area contributed by atoms with Crippen molar-refractivity contribution in [1.29, 1.82) is 0 Å². The lowest BCUT2D eigenvalue weighted by molar-refractivity contribution is -0.130. The molecule has 5 aliphatic rings. The Bertz CT molecular complexity index is 440. The van der Waals surface area contributed by atoms with E-state index in [9.17, 15) is 9.90 Å². The molecule has 0 aromatic rings. The van der Waals surface area contributed by atoms with E-state index in [2.05, 4.69) is 10.6 Å². The summed E-state index contributed by atoms with van der Waals surface area (Å²) in [7, 11) is 0. The molecule has 3 heterocycles. The first kappa shape index (κ1) is 13.0. The lowest BCUT2D eigenvalue weighted by Crippen LogP contribution is -2.63. The molecule has 1 unspecified atom stereocenters. The van der Waals surface area contributed by atoms with Gasteiger partial charge in [0.05, 0.1) is 23.9 Å². The predicted molar refractivity (Wildman–Crippen MR) is 73.2 cm³/mol. The van der Waals surface area contributed by atoms with Crippen LogP contribution in [0.15, 0.2) is 0 Å². The van der Waals surface area contributed by atoms with Gasteiger partial charge in [0.15, 0.2) is 0 Å². The fourth-order valence-electron chi connectivity index (χ4n) is 4.56. The van der Waals surface area contributed by atoms with Crippen LogP contribution in [0.2, 0.25) is 0 Å². The highest BCUT2D eigenvalue weighted by Crippen LogP contribution is 2.55. The number of hydrogen-bond donors (Lipinski definition) is 3. The molecule has 0 radical (unpaired) electrons. The number of carbonyl (C=O) groups is 1. The average molecular weight is 280 g/mol. The number of fused-ring (bicyclic) bond motifs is 1. The van der Waals surface area contributed by atoms with Crippen LogP contribution in [0.25, 0.3) is 0 Å². The number of piperidine rings is 1. The van der Waals surface area contributed by atoms with Gasteiger partial charge >= 0.3 is 0 Å². The molecule has 2 atom stereocenters. The van der Waals surface area contributed by atoms with E-state index < -0.39 is 0 Å². The van der Waals surface area contributed by atoms with Crippen molar-refractivity contribution in [3.63, 3.8) is 0 Å². The molecular formula is C15H24N2O3. The van der Waals surface area contributed by atoms with Gasteiger partial charge in [0, 0.05) is 24.3 Å². The number of hydrogen-bond acceptors (Lipinski definition) is 4. The van der Waals surface area contributed by atoms with Crippen LogP contribution in [0.1, 0.15) is 45.4 Å². The van der Waals surface area contributed by atoms with Crippen molar-refractivity contribution in [1.82, 2.24) is 10.6 Å². The quantitative estimate of drug-likeness (QED) is 0.696. The Hall–Kier alpha value is -0.650. The van der Waals surface area contributed by atoms with E-state index in [1.165, 1.54) is 12.8 Å². The third kappa shape index (κ3) is 1.76. The summed E-state index contributed by atoms with van der Waals surface area (Å²) in [4.78, 5) is 12.6. The summed E-state index contributed by atoms with van der Waals surface area (Å²) in [5, 5.41) is 16.2. The molecule has 3 saturated heterocycles. The Morgan fingerprint density at radius 3 is 2.80 bits per heavy atom. The highest BCUT2D eigenvalue weighted by molar-refractivity contribution is 5.80. The molecule has 2 saturated carbocycles. The van der Waals surface area contributed by atoms with Crippen LogP contribution < -0.4 is 10.6 Å². The van der Waals surface area contributed by atoms with Gasteiger partial charge in [0.2, 0.25) is 5.91 Å². The molecule has 5 rings (SSSR count). The molecule has 1 spiro atoms. The van der Waals surface area contributed by atoms with Gasteiger partial charge in [-0.25, -0.2) is 0 Å². The van der Waals surface area contributed by atoms with Crippen molar-refractivity contribution in [2.45, 2.75) is 68.2 Å². The number of ether oxygens (including phenoxy) is 1. The van der Waals surface area contributed by atoms with Gasteiger partial charge in [0.1, 0.15) is 0 Å². The van der Waals surface area contributed by atoms with Gasteiger partial charge < -0.3 is 20.5 Å². The monoisotopic (exact) mass is 280 g/mol. The molecule has 2 aliphatic carbocycles. The number of aliphatic hydroxyl groups is 1. The van der Waals surface area contributed by atoms with Gasteiger partial charge in [-0.05, 0) is 39.2 Å². The van der Waals surface area contributed by atoms with E-state index in [-0.39, 0.29) is 41.2 Å². The number of carbonyl (C=O) groups excluding carboxylic acids is 1. The highest BCUT2D eigenvalue weighted by atomic mass is 16.5. The van der Waals surface area contributed by atoms with Crippen LogP contribution >= 0.6 is 0 Å². The molecule has 0 aromatic carbocycles. The van der Waals surface area contributed by atoms with Gasteiger partial charge in [-0.2, -0.15) is 0 Å². The zero-order valence-corrected chi connectivity index (χ0v) is 12.1.